The van der Waals surface area contributed by atoms with Crippen molar-refractivity contribution in [3.8, 4) is 5.69 Å². The van der Waals surface area contributed by atoms with Crippen LogP contribution in [0.2, 0.25) is 0 Å². The van der Waals surface area contributed by atoms with Gasteiger partial charge in [-0.2, -0.15) is 4.98 Å². The van der Waals surface area contributed by atoms with Crippen molar-refractivity contribution in [1.82, 2.24) is 9.55 Å². The number of benzene rings is 2. The van der Waals surface area contributed by atoms with Crippen molar-refractivity contribution in [3.05, 3.63) is 70.5 Å². The third-order valence-electron chi connectivity index (χ3n) is 4.55. The van der Waals surface area contributed by atoms with Crippen LogP contribution >= 0.6 is 11.8 Å². The van der Waals surface area contributed by atoms with Gasteiger partial charge in [0.2, 0.25) is 15.9 Å². The minimum absolute atomic E-state index is 0.0527. The molecule has 0 bridgehead atoms. The van der Waals surface area contributed by atoms with E-state index in [0.717, 1.165) is 23.0 Å². The summed E-state index contributed by atoms with van der Waals surface area (Å²) in [6.45, 7) is 3.77. The van der Waals surface area contributed by atoms with E-state index in [1.165, 1.54) is 30.3 Å². The highest BCUT2D eigenvalue weighted by molar-refractivity contribution is 8.00. The van der Waals surface area contributed by atoms with Crippen LogP contribution in [0, 0.1) is 6.92 Å². The van der Waals surface area contributed by atoms with Crippen LogP contribution in [0.4, 0.5) is 11.5 Å². The molecule has 0 aliphatic rings. The first-order valence-electron chi connectivity index (χ1n) is 9.65. The molecule has 1 unspecified atom stereocenters. The second-order valence-corrected chi connectivity index (χ2v) is 9.78. The molecule has 3 aromatic rings. The smallest absolute Gasteiger partial charge is 0.275 e. The van der Waals surface area contributed by atoms with Crippen molar-refractivity contribution >= 4 is 39.2 Å². The zero-order chi connectivity index (χ0) is 23.5. The van der Waals surface area contributed by atoms with Crippen LogP contribution in [-0.4, -0.2) is 29.1 Å². The van der Waals surface area contributed by atoms with Crippen molar-refractivity contribution in [2.24, 2.45) is 5.14 Å². The van der Waals surface area contributed by atoms with E-state index in [9.17, 15) is 18.0 Å². The number of nitrogen functional groups attached to an aromatic ring is 1. The van der Waals surface area contributed by atoms with Crippen molar-refractivity contribution < 1.29 is 13.2 Å². The number of hydrogen-bond acceptors (Lipinski definition) is 7. The molecule has 0 aliphatic heterocycles. The average Bonchev–Trinajstić information content (AvgIpc) is 2.71. The average molecular weight is 474 g/mol. The number of aryl methyl sites for hydroxylation is 1. The van der Waals surface area contributed by atoms with E-state index in [0.29, 0.717) is 17.3 Å². The molecule has 1 aromatic heterocycles. The number of rotatable bonds is 7. The third-order valence-corrected chi connectivity index (χ3v) is 6.79. The number of aromatic nitrogens is 2. The van der Waals surface area contributed by atoms with Gasteiger partial charge in [0.25, 0.3) is 5.56 Å². The van der Waals surface area contributed by atoms with Gasteiger partial charge in [-0.3, -0.25) is 14.2 Å². The predicted octanol–water partition coefficient (Wildman–Crippen LogP) is 2.28. The summed E-state index contributed by atoms with van der Waals surface area (Å²) in [6.07, 6.45) is 0.449. The van der Waals surface area contributed by atoms with E-state index in [4.69, 9.17) is 10.9 Å². The fraction of sp³-hybridized carbons (Fsp3) is 0.190. The maximum Gasteiger partial charge on any atom is 0.275 e. The molecule has 2 aromatic carbocycles. The van der Waals surface area contributed by atoms with Crippen LogP contribution in [0.1, 0.15) is 18.9 Å². The van der Waals surface area contributed by atoms with E-state index in [1.54, 1.807) is 4.57 Å². The Morgan fingerprint density at radius 3 is 2.47 bits per heavy atom. The Labute approximate surface area is 189 Å². The number of carbonyl (C=O) groups is 1. The molecular formula is C21H23N5O4S2. The highest BCUT2D eigenvalue weighted by atomic mass is 32.2. The van der Waals surface area contributed by atoms with E-state index in [1.807, 2.05) is 38.1 Å². The Morgan fingerprint density at radius 1 is 1.19 bits per heavy atom. The van der Waals surface area contributed by atoms with Crippen LogP contribution in [0.5, 0.6) is 0 Å². The predicted molar refractivity (Wildman–Crippen MR) is 125 cm³/mol. The van der Waals surface area contributed by atoms with Crippen LogP contribution in [0.3, 0.4) is 0 Å². The lowest BCUT2D eigenvalue weighted by Crippen LogP contribution is -2.26. The molecule has 1 atom stereocenters. The number of anilines is 2. The molecule has 1 heterocycles. The summed E-state index contributed by atoms with van der Waals surface area (Å²) in [6, 6.07) is 14.3. The van der Waals surface area contributed by atoms with Crippen molar-refractivity contribution in [1.29, 1.82) is 0 Å². The van der Waals surface area contributed by atoms with Gasteiger partial charge in [-0.05, 0) is 55.3 Å². The number of primary sulfonamides is 1. The van der Waals surface area contributed by atoms with Gasteiger partial charge in [0.05, 0.1) is 10.1 Å². The molecule has 0 spiro atoms. The SMILES string of the molecule is CCC(Sc1nc(=O)cc(N)n1-c1cccc(C)c1)C(=O)Nc1ccc(S(N)(=O)=O)cc1. The van der Waals surface area contributed by atoms with Gasteiger partial charge in [-0.15, -0.1) is 0 Å². The normalized spacial score (nSPS) is 12.3. The van der Waals surface area contributed by atoms with Gasteiger partial charge < -0.3 is 11.1 Å². The van der Waals surface area contributed by atoms with E-state index in [-0.39, 0.29) is 16.6 Å². The second kappa shape index (κ2) is 9.55. The number of sulfonamides is 1. The summed E-state index contributed by atoms with van der Waals surface area (Å²) in [5.74, 6) is -0.111. The number of amides is 1. The summed E-state index contributed by atoms with van der Waals surface area (Å²) >= 11 is 1.12. The molecular weight excluding hydrogens is 450 g/mol. The molecule has 0 aliphatic carbocycles. The Hall–Kier alpha value is -3.15. The number of carbonyl (C=O) groups excluding carboxylic acids is 1. The topological polar surface area (TPSA) is 150 Å². The molecule has 0 fully saturated rings. The van der Waals surface area contributed by atoms with Gasteiger partial charge in [-0.1, -0.05) is 30.8 Å². The zero-order valence-corrected chi connectivity index (χ0v) is 19.1. The number of nitrogens with two attached hydrogens (primary N) is 2. The Morgan fingerprint density at radius 2 is 1.88 bits per heavy atom. The van der Waals surface area contributed by atoms with Crippen LogP contribution < -0.4 is 21.7 Å². The number of nitrogens with one attached hydrogen (secondary N) is 1. The lowest BCUT2D eigenvalue weighted by Gasteiger charge is -2.19. The first-order valence-corrected chi connectivity index (χ1v) is 12.1. The van der Waals surface area contributed by atoms with Gasteiger partial charge in [0.15, 0.2) is 5.16 Å². The maximum absolute atomic E-state index is 12.9. The van der Waals surface area contributed by atoms with Crippen LogP contribution in [0.25, 0.3) is 5.69 Å². The molecule has 32 heavy (non-hydrogen) atoms. The van der Waals surface area contributed by atoms with Gasteiger partial charge in [-0.25, -0.2) is 13.6 Å². The monoisotopic (exact) mass is 473 g/mol. The highest BCUT2D eigenvalue weighted by Crippen LogP contribution is 2.28. The highest BCUT2D eigenvalue weighted by Gasteiger charge is 2.22. The van der Waals surface area contributed by atoms with Crippen LogP contribution in [-0.2, 0) is 14.8 Å². The molecule has 168 valence electrons. The summed E-state index contributed by atoms with van der Waals surface area (Å²) in [5, 5.41) is 7.56. The zero-order valence-electron chi connectivity index (χ0n) is 17.5. The Bertz CT molecular complexity index is 1300. The van der Waals surface area contributed by atoms with E-state index >= 15 is 0 Å². The minimum Gasteiger partial charge on any atom is -0.385 e. The Balaban J connectivity index is 1.88. The van der Waals surface area contributed by atoms with Gasteiger partial charge in [0.1, 0.15) is 5.82 Å². The fourth-order valence-electron chi connectivity index (χ4n) is 2.98. The minimum atomic E-state index is -3.82. The quantitative estimate of drug-likeness (QED) is 0.352. The third kappa shape index (κ3) is 5.55. The largest absolute Gasteiger partial charge is 0.385 e. The number of hydrogen-bond donors (Lipinski definition) is 3. The molecule has 0 radical (unpaired) electrons. The summed E-state index contributed by atoms with van der Waals surface area (Å²) in [5.41, 5.74) is 7.77. The first kappa shape index (κ1) is 23.5. The summed E-state index contributed by atoms with van der Waals surface area (Å²) in [7, 11) is -3.82. The van der Waals surface area contributed by atoms with Gasteiger partial charge >= 0.3 is 0 Å². The second-order valence-electron chi connectivity index (χ2n) is 7.05. The lowest BCUT2D eigenvalue weighted by molar-refractivity contribution is -0.115. The van der Waals surface area contributed by atoms with Crippen LogP contribution in [0.15, 0.2) is 69.4 Å². The molecule has 0 saturated heterocycles. The molecule has 9 nitrogen and oxygen atoms in total. The van der Waals surface area contributed by atoms with Crippen molar-refractivity contribution in [2.75, 3.05) is 11.1 Å². The fourth-order valence-corrected chi connectivity index (χ4v) is 4.55. The lowest BCUT2D eigenvalue weighted by atomic mass is 10.2. The molecule has 3 rings (SSSR count). The van der Waals surface area contributed by atoms with Crippen molar-refractivity contribution in [3.63, 3.8) is 0 Å². The standard InChI is InChI=1S/C21H23N5O4S2/c1-3-17(20(28)24-14-7-9-16(10-8-14)32(23,29)30)31-21-25-19(27)12-18(22)26(21)15-6-4-5-13(2)11-15/h4-12,17H,3,22H2,1-2H3,(H,24,28)(H2,23,29,30). The van der Waals surface area contributed by atoms with Gasteiger partial charge in [0, 0.05) is 17.4 Å². The Kier molecular flexibility index (Phi) is 7.02. The van der Waals surface area contributed by atoms with Crippen molar-refractivity contribution in [2.45, 2.75) is 35.6 Å². The number of nitrogens with zero attached hydrogens (tertiary/aromatic N) is 2. The molecule has 1 amide bonds. The molecule has 5 N–H and O–H groups in total. The summed E-state index contributed by atoms with van der Waals surface area (Å²) in [4.78, 5) is 28.9. The van der Waals surface area contributed by atoms with E-state index < -0.39 is 20.8 Å². The molecule has 11 heteroatoms. The summed E-state index contributed by atoms with van der Waals surface area (Å²) < 4.78 is 24.4. The van der Waals surface area contributed by atoms with E-state index in [2.05, 4.69) is 10.3 Å². The molecule has 0 saturated carbocycles. The maximum atomic E-state index is 12.9. The number of thioether (sulfide) groups is 1. The first-order chi connectivity index (χ1) is 15.1.